The highest BCUT2D eigenvalue weighted by Gasteiger charge is 2.32. The molecule has 2 heterocycles. The number of hydrogen-bond acceptors (Lipinski definition) is 4. The maximum absolute atomic E-state index is 9.68. The molecule has 0 aromatic carbocycles. The number of hydrogen-bond donors (Lipinski definition) is 2. The van der Waals surface area contributed by atoms with Crippen LogP contribution in [0.4, 0.5) is 0 Å². The van der Waals surface area contributed by atoms with E-state index in [1.807, 2.05) is 11.6 Å². The van der Waals surface area contributed by atoms with Gasteiger partial charge in [0, 0.05) is 36.9 Å². The Morgan fingerprint density at radius 1 is 1.45 bits per heavy atom. The minimum atomic E-state index is -0.0123. The van der Waals surface area contributed by atoms with Gasteiger partial charge in [0.15, 0.2) is 0 Å². The van der Waals surface area contributed by atoms with Crippen molar-refractivity contribution >= 4 is 0 Å². The summed E-state index contributed by atoms with van der Waals surface area (Å²) < 4.78 is 7.44. The van der Waals surface area contributed by atoms with E-state index in [1.165, 1.54) is 5.69 Å². The quantitative estimate of drug-likeness (QED) is 0.824. The number of aliphatic hydroxyl groups is 1. The molecule has 1 aliphatic heterocycles. The molecule has 0 saturated carbocycles. The van der Waals surface area contributed by atoms with Gasteiger partial charge in [0.25, 0.3) is 0 Å². The first kappa shape index (κ1) is 15.5. The van der Waals surface area contributed by atoms with Gasteiger partial charge >= 0.3 is 0 Å². The Balaban J connectivity index is 1.85. The number of nitrogens with zero attached hydrogens (tertiary/aromatic N) is 2. The van der Waals surface area contributed by atoms with Gasteiger partial charge in [-0.15, -0.1) is 0 Å². The Morgan fingerprint density at radius 3 is 2.70 bits per heavy atom. The molecule has 1 atom stereocenters. The molecule has 2 N–H and O–H groups in total. The Kier molecular flexibility index (Phi) is 5.18. The SMILES string of the molecule is Cc1cc(C)n(CC(C)NCC2(CO)CCOCC2)n1. The summed E-state index contributed by atoms with van der Waals surface area (Å²) in [6, 6.07) is 2.43. The number of nitrogens with one attached hydrogen (secondary N) is 1. The van der Waals surface area contributed by atoms with Crippen molar-refractivity contribution in [3.63, 3.8) is 0 Å². The van der Waals surface area contributed by atoms with Crippen molar-refractivity contribution in [2.75, 3.05) is 26.4 Å². The monoisotopic (exact) mass is 281 g/mol. The first-order valence-electron chi connectivity index (χ1n) is 7.48. The highest BCUT2D eigenvalue weighted by molar-refractivity contribution is 5.06. The van der Waals surface area contributed by atoms with Crippen LogP contribution in [-0.2, 0) is 11.3 Å². The first-order valence-corrected chi connectivity index (χ1v) is 7.48. The predicted molar refractivity (Wildman–Crippen MR) is 78.7 cm³/mol. The second kappa shape index (κ2) is 6.70. The molecule has 114 valence electrons. The summed E-state index contributed by atoms with van der Waals surface area (Å²) in [6.45, 7) is 9.72. The average Bonchev–Trinajstić information content (AvgIpc) is 2.76. The van der Waals surface area contributed by atoms with Gasteiger partial charge in [0.05, 0.1) is 18.8 Å². The predicted octanol–water partition coefficient (Wildman–Crippen LogP) is 1.27. The Morgan fingerprint density at radius 2 is 2.15 bits per heavy atom. The lowest BCUT2D eigenvalue weighted by Gasteiger charge is -2.36. The topological polar surface area (TPSA) is 59.3 Å². The van der Waals surface area contributed by atoms with E-state index in [0.717, 1.165) is 44.8 Å². The molecular weight excluding hydrogens is 254 g/mol. The number of aliphatic hydroxyl groups excluding tert-OH is 1. The lowest BCUT2D eigenvalue weighted by atomic mass is 9.81. The van der Waals surface area contributed by atoms with Crippen molar-refractivity contribution in [3.05, 3.63) is 17.5 Å². The summed E-state index contributed by atoms with van der Waals surface area (Å²) >= 11 is 0. The standard InChI is InChI=1S/C15H27N3O2/c1-12-8-14(3)18(17-12)9-13(2)16-10-15(11-19)4-6-20-7-5-15/h8,13,16,19H,4-7,9-11H2,1-3H3. The van der Waals surface area contributed by atoms with Crippen LogP contribution in [0.3, 0.4) is 0 Å². The van der Waals surface area contributed by atoms with E-state index >= 15 is 0 Å². The molecule has 0 aliphatic carbocycles. The fourth-order valence-corrected chi connectivity index (χ4v) is 2.77. The molecule has 0 spiro atoms. The minimum Gasteiger partial charge on any atom is -0.396 e. The normalized spacial score (nSPS) is 20.0. The van der Waals surface area contributed by atoms with Gasteiger partial charge in [-0.1, -0.05) is 0 Å². The fraction of sp³-hybridized carbons (Fsp3) is 0.800. The van der Waals surface area contributed by atoms with Gasteiger partial charge in [0.1, 0.15) is 0 Å². The second-order valence-corrected chi connectivity index (χ2v) is 6.16. The molecule has 0 amide bonds. The van der Waals surface area contributed by atoms with Crippen molar-refractivity contribution in [1.29, 1.82) is 0 Å². The van der Waals surface area contributed by atoms with Gasteiger partial charge in [-0.3, -0.25) is 4.68 Å². The Labute approximate surface area is 121 Å². The van der Waals surface area contributed by atoms with Gasteiger partial charge < -0.3 is 15.2 Å². The van der Waals surface area contributed by atoms with Gasteiger partial charge in [-0.05, 0) is 39.7 Å². The van der Waals surface area contributed by atoms with Crippen LogP contribution in [0, 0.1) is 19.3 Å². The van der Waals surface area contributed by atoms with Crippen LogP contribution in [0.5, 0.6) is 0 Å². The van der Waals surface area contributed by atoms with Crippen molar-refractivity contribution in [3.8, 4) is 0 Å². The highest BCUT2D eigenvalue weighted by Crippen LogP contribution is 2.29. The number of ether oxygens (including phenoxy) is 1. The number of aromatic nitrogens is 2. The highest BCUT2D eigenvalue weighted by atomic mass is 16.5. The van der Waals surface area contributed by atoms with E-state index in [4.69, 9.17) is 4.74 Å². The van der Waals surface area contributed by atoms with E-state index in [1.54, 1.807) is 0 Å². The zero-order chi connectivity index (χ0) is 14.6. The van der Waals surface area contributed by atoms with Gasteiger partial charge in [0.2, 0.25) is 0 Å². The summed E-state index contributed by atoms with van der Waals surface area (Å²) in [5.74, 6) is 0. The Hall–Kier alpha value is -0.910. The summed E-state index contributed by atoms with van der Waals surface area (Å²) in [4.78, 5) is 0. The van der Waals surface area contributed by atoms with Crippen LogP contribution in [0.2, 0.25) is 0 Å². The minimum absolute atomic E-state index is 0.0123. The third-order valence-electron chi connectivity index (χ3n) is 4.26. The van der Waals surface area contributed by atoms with Crippen LogP contribution < -0.4 is 5.32 Å². The van der Waals surface area contributed by atoms with Crippen LogP contribution in [0.15, 0.2) is 6.07 Å². The van der Waals surface area contributed by atoms with Crippen molar-refractivity contribution in [2.24, 2.45) is 5.41 Å². The van der Waals surface area contributed by atoms with E-state index in [2.05, 4.69) is 30.3 Å². The summed E-state index contributed by atoms with van der Waals surface area (Å²) in [5.41, 5.74) is 2.24. The molecular formula is C15H27N3O2. The average molecular weight is 281 g/mol. The van der Waals surface area contributed by atoms with Gasteiger partial charge in [-0.2, -0.15) is 5.10 Å². The molecule has 1 unspecified atom stereocenters. The van der Waals surface area contributed by atoms with E-state index in [0.29, 0.717) is 6.04 Å². The van der Waals surface area contributed by atoms with Crippen LogP contribution in [0.1, 0.15) is 31.2 Å². The zero-order valence-electron chi connectivity index (χ0n) is 12.9. The smallest absolute Gasteiger partial charge is 0.0596 e. The maximum atomic E-state index is 9.68. The van der Waals surface area contributed by atoms with Crippen molar-refractivity contribution in [1.82, 2.24) is 15.1 Å². The van der Waals surface area contributed by atoms with Gasteiger partial charge in [-0.25, -0.2) is 0 Å². The summed E-state index contributed by atoms with van der Waals surface area (Å²) in [7, 11) is 0. The third-order valence-corrected chi connectivity index (χ3v) is 4.26. The van der Waals surface area contributed by atoms with E-state index < -0.39 is 0 Å². The molecule has 0 bridgehead atoms. The summed E-state index contributed by atoms with van der Waals surface area (Å²) in [5, 5.41) is 17.7. The summed E-state index contributed by atoms with van der Waals surface area (Å²) in [6.07, 6.45) is 1.87. The zero-order valence-corrected chi connectivity index (χ0v) is 12.9. The van der Waals surface area contributed by atoms with Crippen LogP contribution >= 0.6 is 0 Å². The van der Waals surface area contributed by atoms with Crippen LogP contribution in [-0.4, -0.2) is 47.3 Å². The third kappa shape index (κ3) is 3.81. The van der Waals surface area contributed by atoms with Crippen LogP contribution in [0.25, 0.3) is 0 Å². The second-order valence-electron chi connectivity index (χ2n) is 6.16. The first-order chi connectivity index (χ1) is 9.54. The fourth-order valence-electron chi connectivity index (χ4n) is 2.77. The van der Waals surface area contributed by atoms with E-state index in [-0.39, 0.29) is 12.0 Å². The number of rotatable bonds is 6. The molecule has 5 heteroatoms. The van der Waals surface area contributed by atoms with E-state index in [9.17, 15) is 5.11 Å². The van der Waals surface area contributed by atoms with Crippen molar-refractivity contribution < 1.29 is 9.84 Å². The molecule has 1 saturated heterocycles. The molecule has 1 fully saturated rings. The molecule has 0 radical (unpaired) electrons. The largest absolute Gasteiger partial charge is 0.396 e. The molecule has 1 aliphatic rings. The molecule has 5 nitrogen and oxygen atoms in total. The Bertz CT molecular complexity index is 425. The molecule has 2 rings (SSSR count). The lowest BCUT2D eigenvalue weighted by molar-refractivity contribution is -0.0165. The molecule has 20 heavy (non-hydrogen) atoms. The molecule has 1 aromatic rings. The number of aryl methyl sites for hydroxylation is 2. The van der Waals surface area contributed by atoms with Crippen molar-refractivity contribution in [2.45, 2.75) is 46.2 Å². The maximum Gasteiger partial charge on any atom is 0.0596 e. The lowest BCUT2D eigenvalue weighted by Crippen LogP contribution is -2.45. The molecule has 1 aromatic heterocycles.